The van der Waals surface area contributed by atoms with Crippen molar-refractivity contribution in [3.8, 4) is 5.75 Å². The lowest BCUT2D eigenvalue weighted by molar-refractivity contribution is -0.135. The monoisotopic (exact) mass is 363 g/mol. The van der Waals surface area contributed by atoms with Gasteiger partial charge in [-0.05, 0) is 38.1 Å². The van der Waals surface area contributed by atoms with E-state index < -0.39 is 0 Å². The number of thiazole rings is 1. The number of carbonyl (C=O) groups excluding carboxylic acids is 1. The number of halogens is 1. The highest BCUT2D eigenvalue weighted by Gasteiger charge is 2.22. The molecule has 1 fully saturated rings. The van der Waals surface area contributed by atoms with Crippen molar-refractivity contribution in [3.63, 3.8) is 0 Å². The molecule has 0 radical (unpaired) electrons. The van der Waals surface area contributed by atoms with Crippen LogP contribution < -0.4 is 4.74 Å². The van der Waals surface area contributed by atoms with Crippen molar-refractivity contribution in [3.05, 3.63) is 45.7 Å². The second kappa shape index (κ2) is 7.93. The zero-order chi connectivity index (χ0) is 17.8. The van der Waals surface area contributed by atoms with Gasteiger partial charge >= 0.3 is 0 Å². The van der Waals surface area contributed by atoms with Gasteiger partial charge in [0.05, 0.1) is 12.2 Å². The molecule has 2 aromatic rings. The number of piperazine rings is 1. The molecule has 0 aliphatic carbocycles. The molecular weight excluding hydrogens is 341 g/mol. The largest absolute Gasteiger partial charge is 0.484 e. The summed E-state index contributed by atoms with van der Waals surface area (Å²) in [6, 6.07) is 5.69. The molecule has 25 heavy (non-hydrogen) atoms. The Bertz CT molecular complexity index is 705. The van der Waals surface area contributed by atoms with Gasteiger partial charge < -0.3 is 9.64 Å². The van der Waals surface area contributed by atoms with E-state index in [4.69, 9.17) is 4.74 Å². The van der Waals surface area contributed by atoms with Gasteiger partial charge in [0.25, 0.3) is 5.91 Å². The fourth-order valence-electron chi connectivity index (χ4n) is 2.72. The van der Waals surface area contributed by atoms with Gasteiger partial charge in [-0.25, -0.2) is 9.37 Å². The standard InChI is InChI=1S/C18H22FN3O2S/c1-13-14(2)25-17(20-13)11-21-7-9-22(10-8-21)18(23)12-24-16-5-3-15(19)4-6-16/h3-6H,7-12H2,1-2H3. The Kier molecular flexibility index (Phi) is 5.65. The third kappa shape index (κ3) is 4.76. The molecule has 1 aliphatic heterocycles. The number of benzene rings is 1. The minimum atomic E-state index is -0.319. The second-order valence-corrected chi connectivity index (χ2v) is 7.44. The minimum absolute atomic E-state index is 0.0174. The number of hydrogen-bond donors (Lipinski definition) is 0. The predicted octanol–water partition coefficient (Wildman–Crippen LogP) is 2.62. The molecule has 0 atom stereocenters. The summed E-state index contributed by atoms with van der Waals surface area (Å²) in [6.45, 7) is 8.00. The van der Waals surface area contributed by atoms with Crippen molar-refractivity contribution in [1.82, 2.24) is 14.8 Å². The van der Waals surface area contributed by atoms with E-state index in [1.807, 2.05) is 11.8 Å². The number of ether oxygens (including phenoxy) is 1. The third-order valence-electron chi connectivity index (χ3n) is 4.33. The van der Waals surface area contributed by atoms with Crippen molar-refractivity contribution in [2.24, 2.45) is 0 Å². The number of aromatic nitrogens is 1. The van der Waals surface area contributed by atoms with Crippen LogP contribution in [0.4, 0.5) is 4.39 Å². The van der Waals surface area contributed by atoms with E-state index in [1.54, 1.807) is 11.3 Å². The highest BCUT2D eigenvalue weighted by atomic mass is 32.1. The Morgan fingerprint density at radius 1 is 1.20 bits per heavy atom. The van der Waals surface area contributed by atoms with E-state index in [0.717, 1.165) is 30.3 Å². The quantitative estimate of drug-likeness (QED) is 0.819. The first-order valence-corrected chi connectivity index (χ1v) is 9.14. The van der Waals surface area contributed by atoms with Crippen LogP contribution in [-0.2, 0) is 11.3 Å². The van der Waals surface area contributed by atoms with Gasteiger partial charge in [0.15, 0.2) is 6.61 Å². The molecule has 5 nitrogen and oxygen atoms in total. The van der Waals surface area contributed by atoms with Gasteiger partial charge in [-0.3, -0.25) is 9.69 Å². The number of amides is 1. The summed E-state index contributed by atoms with van der Waals surface area (Å²) in [6.07, 6.45) is 0. The summed E-state index contributed by atoms with van der Waals surface area (Å²) >= 11 is 1.74. The van der Waals surface area contributed by atoms with Gasteiger partial charge in [-0.15, -0.1) is 11.3 Å². The molecule has 1 aromatic carbocycles. The van der Waals surface area contributed by atoms with Crippen LogP contribution in [0.2, 0.25) is 0 Å². The summed E-state index contributed by atoms with van der Waals surface area (Å²) in [7, 11) is 0. The number of nitrogens with zero attached hydrogens (tertiary/aromatic N) is 3. The summed E-state index contributed by atoms with van der Waals surface area (Å²) in [5, 5.41) is 1.13. The Labute approximate surface area is 151 Å². The average molecular weight is 363 g/mol. The van der Waals surface area contributed by atoms with Gasteiger partial charge in [-0.2, -0.15) is 0 Å². The molecule has 0 saturated carbocycles. The maximum absolute atomic E-state index is 12.9. The summed E-state index contributed by atoms with van der Waals surface area (Å²) in [5.74, 6) is 0.147. The van der Waals surface area contributed by atoms with E-state index in [9.17, 15) is 9.18 Å². The van der Waals surface area contributed by atoms with E-state index in [1.165, 1.54) is 29.1 Å². The van der Waals surface area contributed by atoms with Crippen LogP contribution in [0.25, 0.3) is 0 Å². The molecule has 0 spiro atoms. The van der Waals surface area contributed by atoms with Crippen molar-refractivity contribution < 1.29 is 13.9 Å². The van der Waals surface area contributed by atoms with E-state index in [-0.39, 0.29) is 18.3 Å². The zero-order valence-corrected chi connectivity index (χ0v) is 15.3. The highest BCUT2D eigenvalue weighted by Crippen LogP contribution is 2.19. The van der Waals surface area contributed by atoms with Crippen molar-refractivity contribution in [2.45, 2.75) is 20.4 Å². The maximum Gasteiger partial charge on any atom is 0.260 e. The Morgan fingerprint density at radius 2 is 1.88 bits per heavy atom. The van der Waals surface area contributed by atoms with Crippen LogP contribution in [0.15, 0.2) is 24.3 Å². The molecule has 0 unspecified atom stereocenters. The number of aryl methyl sites for hydroxylation is 2. The normalized spacial score (nSPS) is 15.4. The van der Waals surface area contributed by atoms with E-state index >= 15 is 0 Å². The second-order valence-electron chi connectivity index (χ2n) is 6.15. The summed E-state index contributed by atoms with van der Waals surface area (Å²) in [5.41, 5.74) is 1.10. The zero-order valence-electron chi connectivity index (χ0n) is 14.5. The predicted molar refractivity (Wildman–Crippen MR) is 95.3 cm³/mol. The van der Waals surface area contributed by atoms with Crippen LogP contribution in [0.5, 0.6) is 5.75 Å². The molecule has 3 rings (SSSR count). The summed E-state index contributed by atoms with van der Waals surface area (Å²) < 4.78 is 18.3. The lowest BCUT2D eigenvalue weighted by atomic mass is 10.3. The highest BCUT2D eigenvalue weighted by molar-refractivity contribution is 7.11. The number of rotatable bonds is 5. The van der Waals surface area contributed by atoms with E-state index in [0.29, 0.717) is 18.8 Å². The lowest BCUT2D eigenvalue weighted by Crippen LogP contribution is -2.49. The van der Waals surface area contributed by atoms with Crippen LogP contribution in [-0.4, -0.2) is 53.5 Å². The molecule has 134 valence electrons. The average Bonchev–Trinajstić information content (AvgIpc) is 2.92. The van der Waals surface area contributed by atoms with Gasteiger partial charge in [0.2, 0.25) is 0 Å². The molecule has 1 aliphatic rings. The third-order valence-corrected chi connectivity index (χ3v) is 5.39. The lowest BCUT2D eigenvalue weighted by Gasteiger charge is -2.34. The fraction of sp³-hybridized carbons (Fsp3) is 0.444. The molecule has 2 heterocycles. The molecular formula is C18H22FN3O2S. The molecule has 1 amide bonds. The van der Waals surface area contributed by atoms with Crippen LogP contribution >= 0.6 is 11.3 Å². The Hall–Kier alpha value is -1.99. The first kappa shape index (κ1) is 17.8. The molecule has 0 bridgehead atoms. The number of hydrogen-bond acceptors (Lipinski definition) is 5. The number of carbonyl (C=O) groups is 1. The Morgan fingerprint density at radius 3 is 2.48 bits per heavy atom. The van der Waals surface area contributed by atoms with Crippen LogP contribution in [0.1, 0.15) is 15.6 Å². The van der Waals surface area contributed by atoms with E-state index in [2.05, 4.69) is 16.8 Å². The van der Waals surface area contributed by atoms with Crippen molar-refractivity contribution in [2.75, 3.05) is 32.8 Å². The first-order chi connectivity index (χ1) is 12.0. The molecule has 1 saturated heterocycles. The van der Waals surface area contributed by atoms with Crippen LogP contribution in [0, 0.1) is 19.7 Å². The SMILES string of the molecule is Cc1nc(CN2CCN(C(=O)COc3ccc(F)cc3)CC2)sc1C. The van der Waals surface area contributed by atoms with Gasteiger partial charge in [0, 0.05) is 31.1 Å². The topological polar surface area (TPSA) is 45.7 Å². The summed E-state index contributed by atoms with van der Waals surface area (Å²) in [4.78, 5) is 22.2. The van der Waals surface area contributed by atoms with Gasteiger partial charge in [0.1, 0.15) is 16.6 Å². The molecule has 7 heteroatoms. The van der Waals surface area contributed by atoms with Crippen molar-refractivity contribution in [1.29, 1.82) is 0 Å². The first-order valence-electron chi connectivity index (χ1n) is 8.32. The minimum Gasteiger partial charge on any atom is -0.484 e. The fourth-order valence-corrected chi connectivity index (χ4v) is 3.70. The Balaban J connectivity index is 1.43. The molecule has 1 aromatic heterocycles. The maximum atomic E-state index is 12.9. The smallest absolute Gasteiger partial charge is 0.260 e. The van der Waals surface area contributed by atoms with Crippen molar-refractivity contribution >= 4 is 17.2 Å². The molecule has 0 N–H and O–H groups in total. The van der Waals surface area contributed by atoms with Crippen LogP contribution in [0.3, 0.4) is 0 Å². The van der Waals surface area contributed by atoms with Gasteiger partial charge in [-0.1, -0.05) is 0 Å².